The molecule has 1 atom stereocenters. The number of likely N-dealkylation sites (N-methyl/N-ethyl adjacent to an activating group) is 1. The molecule has 0 spiro atoms. The number of aromatic nitrogens is 2. The molecule has 0 aliphatic heterocycles. The number of nitrogens with zero attached hydrogens (tertiary/aromatic N) is 2. The quantitative estimate of drug-likeness (QED) is 0.908. The van der Waals surface area contributed by atoms with E-state index in [1.54, 1.807) is 13.4 Å². The lowest BCUT2D eigenvalue weighted by Gasteiger charge is -2.17. The Morgan fingerprint density at radius 3 is 2.40 bits per heavy atom. The number of aryl methyl sites for hydroxylation is 2. The van der Waals surface area contributed by atoms with Gasteiger partial charge in [0, 0.05) is 24.2 Å². The Hall–Kier alpha value is -1.94. The average molecular weight is 271 g/mol. The summed E-state index contributed by atoms with van der Waals surface area (Å²) in [7, 11) is 3.59. The maximum absolute atomic E-state index is 5.14. The summed E-state index contributed by atoms with van der Waals surface area (Å²) in [4.78, 5) is 8.35. The van der Waals surface area contributed by atoms with E-state index in [1.165, 1.54) is 16.7 Å². The molecule has 1 N–H and O–H groups in total. The summed E-state index contributed by atoms with van der Waals surface area (Å²) < 4.78 is 5.14. The highest BCUT2D eigenvalue weighted by Crippen LogP contribution is 2.21. The molecular weight excluding hydrogens is 250 g/mol. The maximum Gasteiger partial charge on any atom is 0.216 e. The summed E-state index contributed by atoms with van der Waals surface area (Å²) in [5.74, 6) is 0.602. The van der Waals surface area contributed by atoms with Crippen molar-refractivity contribution in [3.05, 3.63) is 53.0 Å². The van der Waals surface area contributed by atoms with E-state index >= 15 is 0 Å². The minimum absolute atomic E-state index is 0.230. The molecule has 0 saturated heterocycles. The van der Waals surface area contributed by atoms with E-state index in [4.69, 9.17) is 4.74 Å². The Balaban J connectivity index is 2.23. The normalized spacial score (nSPS) is 12.2. The van der Waals surface area contributed by atoms with E-state index < -0.39 is 0 Å². The largest absolute Gasteiger partial charge is 0.481 e. The van der Waals surface area contributed by atoms with Gasteiger partial charge in [-0.05, 0) is 26.5 Å². The molecule has 0 aliphatic carbocycles. The van der Waals surface area contributed by atoms with Crippen LogP contribution in [0.15, 0.2) is 30.6 Å². The van der Waals surface area contributed by atoms with Crippen molar-refractivity contribution in [2.45, 2.75) is 26.3 Å². The van der Waals surface area contributed by atoms with Crippen LogP contribution in [0.1, 0.15) is 28.4 Å². The molecule has 106 valence electrons. The highest BCUT2D eigenvalue weighted by Gasteiger charge is 2.12. The number of hydrogen-bond donors (Lipinski definition) is 1. The predicted octanol–water partition coefficient (Wildman–Crippen LogP) is 2.61. The molecule has 20 heavy (non-hydrogen) atoms. The molecular formula is C16H21N3O. The summed E-state index contributed by atoms with van der Waals surface area (Å²) in [5.41, 5.74) is 4.80. The van der Waals surface area contributed by atoms with Gasteiger partial charge in [-0.2, -0.15) is 0 Å². The molecule has 1 unspecified atom stereocenters. The van der Waals surface area contributed by atoms with Gasteiger partial charge in [0.1, 0.15) is 6.33 Å². The van der Waals surface area contributed by atoms with Crippen LogP contribution in [0, 0.1) is 13.8 Å². The van der Waals surface area contributed by atoms with E-state index in [1.807, 2.05) is 13.1 Å². The topological polar surface area (TPSA) is 47.0 Å². The molecule has 0 aliphatic rings. The van der Waals surface area contributed by atoms with Gasteiger partial charge < -0.3 is 10.1 Å². The van der Waals surface area contributed by atoms with Crippen molar-refractivity contribution in [3.8, 4) is 5.88 Å². The Morgan fingerprint density at radius 2 is 1.80 bits per heavy atom. The van der Waals surface area contributed by atoms with E-state index in [2.05, 4.69) is 47.3 Å². The monoisotopic (exact) mass is 271 g/mol. The van der Waals surface area contributed by atoms with Gasteiger partial charge in [-0.1, -0.05) is 29.3 Å². The second kappa shape index (κ2) is 6.48. The standard InChI is InChI=1S/C16H21N3O/c1-11-5-12(2)7-13(6-11)15(17-3)8-14-9-16(20-4)19-10-18-14/h5-7,9-10,15,17H,8H2,1-4H3. The zero-order valence-electron chi connectivity index (χ0n) is 12.5. The third kappa shape index (κ3) is 3.54. The third-order valence-corrected chi connectivity index (χ3v) is 3.32. The van der Waals surface area contributed by atoms with E-state index in [-0.39, 0.29) is 6.04 Å². The first kappa shape index (κ1) is 14.5. The Bertz CT molecular complexity index is 563. The molecule has 0 radical (unpaired) electrons. The molecule has 0 bridgehead atoms. The van der Waals surface area contributed by atoms with E-state index in [0.29, 0.717) is 5.88 Å². The van der Waals surface area contributed by atoms with Crippen LogP contribution in [0.2, 0.25) is 0 Å². The van der Waals surface area contributed by atoms with Gasteiger partial charge in [0.25, 0.3) is 0 Å². The zero-order valence-corrected chi connectivity index (χ0v) is 12.5. The predicted molar refractivity (Wildman–Crippen MR) is 80.0 cm³/mol. The molecule has 2 aromatic rings. The highest BCUT2D eigenvalue weighted by atomic mass is 16.5. The van der Waals surface area contributed by atoms with Crippen molar-refractivity contribution in [2.75, 3.05) is 14.2 Å². The molecule has 1 aromatic heterocycles. The van der Waals surface area contributed by atoms with E-state index in [9.17, 15) is 0 Å². The number of benzene rings is 1. The maximum atomic E-state index is 5.14. The van der Waals surface area contributed by atoms with Gasteiger partial charge in [-0.15, -0.1) is 0 Å². The average Bonchev–Trinajstić information content (AvgIpc) is 2.44. The fraction of sp³-hybridized carbons (Fsp3) is 0.375. The van der Waals surface area contributed by atoms with Crippen molar-refractivity contribution in [3.63, 3.8) is 0 Å². The van der Waals surface area contributed by atoms with Gasteiger partial charge in [-0.3, -0.25) is 0 Å². The van der Waals surface area contributed by atoms with Gasteiger partial charge in [0.15, 0.2) is 0 Å². The number of rotatable bonds is 5. The summed E-state index contributed by atoms with van der Waals surface area (Å²) >= 11 is 0. The lowest BCUT2D eigenvalue weighted by molar-refractivity contribution is 0.395. The van der Waals surface area contributed by atoms with Crippen LogP contribution in [0.5, 0.6) is 5.88 Å². The van der Waals surface area contributed by atoms with Crippen molar-refractivity contribution in [1.29, 1.82) is 0 Å². The van der Waals surface area contributed by atoms with Crippen LogP contribution >= 0.6 is 0 Å². The molecule has 0 amide bonds. The van der Waals surface area contributed by atoms with Crippen molar-refractivity contribution in [1.82, 2.24) is 15.3 Å². The Morgan fingerprint density at radius 1 is 1.10 bits per heavy atom. The number of methoxy groups -OCH3 is 1. The second-order valence-electron chi connectivity index (χ2n) is 5.02. The number of nitrogens with one attached hydrogen (secondary N) is 1. The molecule has 4 heteroatoms. The first-order chi connectivity index (χ1) is 9.62. The minimum atomic E-state index is 0.230. The molecule has 1 heterocycles. The molecule has 0 saturated carbocycles. The minimum Gasteiger partial charge on any atom is -0.481 e. The second-order valence-corrected chi connectivity index (χ2v) is 5.02. The van der Waals surface area contributed by atoms with Crippen molar-refractivity contribution < 1.29 is 4.74 Å². The molecule has 0 fully saturated rings. The first-order valence-corrected chi connectivity index (χ1v) is 6.72. The van der Waals surface area contributed by atoms with Crippen molar-refractivity contribution in [2.24, 2.45) is 0 Å². The van der Waals surface area contributed by atoms with Gasteiger partial charge in [0.2, 0.25) is 5.88 Å². The summed E-state index contributed by atoms with van der Waals surface area (Å²) in [6, 6.07) is 8.73. The van der Waals surface area contributed by atoms with Crippen molar-refractivity contribution >= 4 is 0 Å². The molecule has 1 aromatic carbocycles. The van der Waals surface area contributed by atoms with E-state index in [0.717, 1.165) is 12.1 Å². The first-order valence-electron chi connectivity index (χ1n) is 6.72. The smallest absolute Gasteiger partial charge is 0.216 e. The van der Waals surface area contributed by atoms with Gasteiger partial charge >= 0.3 is 0 Å². The van der Waals surface area contributed by atoms with Crippen LogP contribution in [-0.4, -0.2) is 24.1 Å². The van der Waals surface area contributed by atoms with Crippen LogP contribution in [0.4, 0.5) is 0 Å². The lowest BCUT2D eigenvalue weighted by Crippen LogP contribution is -2.19. The summed E-state index contributed by atoms with van der Waals surface area (Å²) in [6.07, 6.45) is 2.35. The number of hydrogen-bond acceptors (Lipinski definition) is 4. The zero-order chi connectivity index (χ0) is 14.5. The Kier molecular flexibility index (Phi) is 4.69. The Labute approximate surface area is 120 Å². The molecule has 4 nitrogen and oxygen atoms in total. The highest BCUT2D eigenvalue weighted by molar-refractivity contribution is 5.31. The van der Waals surface area contributed by atoms with Gasteiger partial charge in [0.05, 0.1) is 7.11 Å². The van der Waals surface area contributed by atoms with Crippen LogP contribution in [-0.2, 0) is 6.42 Å². The van der Waals surface area contributed by atoms with Crippen LogP contribution < -0.4 is 10.1 Å². The number of ether oxygens (including phenoxy) is 1. The lowest BCUT2D eigenvalue weighted by atomic mass is 9.98. The molecule has 2 rings (SSSR count). The van der Waals surface area contributed by atoms with Gasteiger partial charge in [-0.25, -0.2) is 9.97 Å². The van der Waals surface area contributed by atoms with Crippen LogP contribution in [0.3, 0.4) is 0 Å². The fourth-order valence-corrected chi connectivity index (χ4v) is 2.41. The van der Waals surface area contributed by atoms with Crippen LogP contribution in [0.25, 0.3) is 0 Å². The SMILES string of the molecule is CNC(Cc1cc(OC)ncn1)c1cc(C)cc(C)c1. The third-order valence-electron chi connectivity index (χ3n) is 3.32. The summed E-state index contributed by atoms with van der Waals surface area (Å²) in [5, 5.41) is 3.36. The summed E-state index contributed by atoms with van der Waals surface area (Å²) in [6.45, 7) is 4.24. The fourth-order valence-electron chi connectivity index (χ4n) is 2.41.